The molecule has 1 aliphatic heterocycles. The normalized spacial score (nSPS) is 18.6. The monoisotopic (exact) mass is 318 g/mol. The van der Waals surface area contributed by atoms with Gasteiger partial charge >= 0.3 is 0 Å². The molecule has 1 aliphatic rings. The summed E-state index contributed by atoms with van der Waals surface area (Å²) < 4.78 is 6.15. The summed E-state index contributed by atoms with van der Waals surface area (Å²) in [6.45, 7) is 9.72. The molecule has 0 aromatic heterocycles. The summed E-state index contributed by atoms with van der Waals surface area (Å²) in [6, 6.07) is 5.90. The van der Waals surface area contributed by atoms with Crippen LogP contribution in [0.1, 0.15) is 44.2 Å². The molecule has 4 heteroatoms. The minimum absolute atomic E-state index is 0.0875. The molecular formula is C19H30N2O2. The first-order chi connectivity index (χ1) is 10.9. The lowest BCUT2D eigenvalue weighted by Gasteiger charge is -2.34. The van der Waals surface area contributed by atoms with Gasteiger partial charge in [-0.2, -0.15) is 0 Å². The lowest BCUT2D eigenvalue weighted by molar-refractivity contribution is -0.135. The van der Waals surface area contributed by atoms with Crippen LogP contribution >= 0.6 is 0 Å². The highest BCUT2D eigenvalue weighted by Crippen LogP contribution is 2.24. The van der Waals surface area contributed by atoms with E-state index in [0.29, 0.717) is 0 Å². The molecule has 1 amide bonds. The summed E-state index contributed by atoms with van der Waals surface area (Å²) in [5.41, 5.74) is 8.44. The third kappa shape index (κ3) is 4.47. The van der Waals surface area contributed by atoms with Crippen LogP contribution in [0.5, 0.6) is 5.75 Å². The Hall–Kier alpha value is -1.55. The molecule has 1 aromatic carbocycles. The number of hydrogen-bond donors (Lipinski definition) is 1. The van der Waals surface area contributed by atoms with Crippen molar-refractivity contribution in [1.29, 1.82) is 0 Å². The number of piperidine rings is 1. The molecule has 1 fully saturated rings. The molecule has 2 atom stereocenters. The van der Waals surface area contributed by atoms with Crippen molar-refractivity contribution in [1.82, 2.24) is 4.90 Å². The Morgan fingerprint density at radius 3 is 2.61 bits per heavy atom. The molecule has 2 rings (SSSR count). The van der Waals surface area contributed by atoms with Crippen LogP contribution in [0.3, 0.4) is 0 Å². The molecule has 1 saturated heterocycles. The van der Waals surface area contributed by atoms with E-state index in [0.717, 1.165) is 43.7 Å². The van der Waals surface area contributed by atoms with Crippen molar-refractivity contribution >= 4 is 5.91 Å². The number of nitrogens with two attached hydrogens (primary N) is 1. The average molecular weight is 318 g/mol. The van der Waals surface area contributed by atoms with Gasteiger partial charge in [0.1, 0.15) is 11.9 Å². The number of nitrogens with zero attached hydrogens (tertiary/aromatic N) is 1. The standard InChI is InChI=1S/C19H30N2O2/c1-5-14(3)18(20)19(22)21-10-8-16(9-11-21)23-17-12-13(2)6-7-15(17)4/h6-7,12,14,16,18H,5,8-11,20H2,1-4H3. The molecule has 2 unspecified atom stereocenters. The predicted octanol–water partition coefficient (Wildman–Crippen LogP) is 3.05. The largest absolute Gasteiger partial charge is 0.490 e. The van der Waals surface area contributed by atoms with Crippen LogP contribution in [0.15, 0.2) is 18.2 Å². The SMILES string of the molecule is CCC(C)C(N)C(=O)N1CCC(Oc2cc(C)ccc2C)CC1. The van der Waals surface area contributed by atoms with Gasteiger partial charge in [-0.25, -0.2) is 0 Å². The van der Waals surface area contributed by atoms with Gasteiger partial charge in [-0.3, -0.25) is 4.79 Å². The molecule has 23 heavy (non-hydrogen) atoms. The number of aryl methyl sites for hydroxylation is 2. The second-order valence-corrected chi connectivity index (χ2v) is 6.82. The fraction of sp³-hybridized carbons (Fsp3) is 0.632. The molecule has 1 heterocycles. The molecule has 1 aromatic rings. The van der Waals surface area contributed by atoms with E-state index in [-0.39, 0.29) is 24.0 Å². The first-order valence-electron chi connectivity index (χ1n) is 8.70. The van der Waals surface area contributed by atoms with Crippen LogP contribution < -0.4 is 10.5 Å². The van der Waals surface area contributed by atoms with Gasteiger partial charge in [0.15, 0.2) is 0 Å². The lowest BCUT2D eigenvalue weighted by atomic mass is 9.97. The molecule has 4 nitrogen and oxygen atoms in total. The minimum atomic E-state index is -0.378. The Kier molecular flexibility index (Phi) is 6.05. The Morgan fingerprint density at radius 2 is 2.00 bits per heavy atom. The molecule has 0 aliphatic carbocycles. The maximum Gasteiger partial charge on any atom is 0.239 e. The van der Waals surface area contributed by atoms with Crippen molar-refractivity contribution in [2.45, 2.75) is 59.1 Å². The van der Waals surface area contributed by atoms with E-state index in [1.54, 1.807) is 0 Å². The van der Waals surface area contributed by atoms with E-state index >= 15 is 0 Å². The van der Waals surface area contributed by atoms with Gasteiger partial charge in [-0.15, -0.1) is 0 Å². The zero-order valence-corrected chi connectivity index (χ0v) is 14.8. The molecule has 128 valence electrons. The number of likely N-dealkylation sites (tertiary alicyclic amines) is 1. The van der Waals surface area contributed by atoms with E-state index in [1.807, 2.05) is 11.8 Å². The highest BCUT2D eigenvalue weighted by molar-refractivity contribution is 5.82. The number of hydrogen-bond acceptors (Lipinski definition) is 3. The van der Waals surface area contributed by atoms with E-state index in [4.69, 9.17) is 10.5 Å². The van der Waals surface area contributed by atoms with E-state index < -0.39 is 0 Å². The Morgan fingerprint density at radius 1 is 1.35 bits per heavy atom. The zero-order chi connectivity index (χ0) is 17.0. The van der Waals surface area contributed by atoms with Crippen LogP contribution in [-0.2, 0) is 4.79 Å². The number of amides is 1. The number of carbonyl (C=O) groups excluding carboxylic acids is 1. The van der Waals surface area contributed by atoms with Gasteiger partial charge in [0.05, 0.1) is 6.04 Å². The van der Waals surface area contributed by atoms with Crippen LogP contribution in [0, 0.1) is 19.8 Å². The Labute approximate surface area is 140 Å². The van der Waals surface area contributed by atoms with Crippen molar-refractivity contribution in [2.24, 2.45) is 11.7 Å². The maximum absolute atomic E-state index is 12.4. The highest BCUT2D eigenvalue weighted by Gasteiger charge is 2.29. The summed E-state index contributed by atoms with van der Waals surface area (Å²) >= 11 is 0. The molecule has 0 saturated carbocycles. The fourth-order valence-corrected chi connectivity index (χ4v) is 2.92. The van der Waals surface area contributed by atoms with Gasteiger partial charge < -0.3 is 15.4 Å². The summed E-state index contributed by atoms with van der Waals surface area (Å²) in [4.78, 5) is 14.3. The third-order valence-electron chi connectivity index (χ3n) is 4.93. The topological polar surface area (TPSA) is 55.6 Å². The predicted molar refractivity (Wildman–Crippen MR) is 93.6 cm³/mol. The summed E-state index contributed by atoms with van der Waals surface area (Å²) in [5, 5.41) is 0. The van der Waals surface area contributed by atoms with Gasteiger partial charge in [-0.1, -0.05) is 32.4 Å². The van der Waals surface area contributed by atoms with Crippen LogP contribution in [0.25, 0.3) is 0 Å². The Balaban J connectivity index is 1.89. The van der Waals surface area contributed by atoms with Gasteiger partial charge in [0, 0.05) is 25.9 Å². The number of benzene rings is 1. The van der Waals surface area contributed by atoms with Crippen molar-refractivity contribution in [2.75, 3.05) is 13.1 Å². The summed E-state index contributed by atoms with van der Waals surface area (Å²) in [6.07, 6.45) is 2.84. The van der Waals surface area contributed by atoms with E-state index in [2.05, 4.69) is 39.0 Å². The zero-order valence-electron chi connectivity index (χ0n) is 14.8. The fourth-order valence-electron chi connectivity index (χ4n) is 2.92. The van der Waals surface area contributed by atoms with E-state index in [9.17, 15) is 4.79 Å². The highest BCUT2D eigenvalue weighted by atomic mass is 16.5. The van der Waals surface area contributed by atoms with Gasteiger partial charge in [0.25, 0.3) is 0 Å². The lowest BCUT2D eigenvalue weighted by Crippen LogP contribution is -2.50. The second kappa shape index (κ2) is 7.82. The molecule has 0 spiro atoms. The molecule has 2 N–H and O–H groups in total. The second-order valence-electron chi connectivity index (χ2n) is 6.82. The summed E-state index contributed by atoms with van der Waals surface area (Å²) in [5.74, 6) is 1.28. The summed E-state index contributed by atoms with van der Waals surface area (Å²) in [7, 11) is 0. The van der Waals surface area contributed by atoms with Crippen molar-refractivity contribution < 1.29 is 9.53 Å². The number of carbonyl (C=O) groups is 1. The number of ether oxygens (including phenoxy) is 1. The third-order valence-corrected chi connectivity index (χ3v) is 4.93. The molecule has 0 bridgehead atoms. The van der Waals surface area contributed by atoms with Gasteiger partial charge in [0.2, 0.25) is 5.91 Å². The van der Waals surface area contributed by atoms with Crippen LogP contribution in [-0.4, -0.2) is 36.0 Å². The molecule has 0 radical (unpaired) electrons. The smallest absolute Gasteiger partial charge is 0.239 e. The van der Waals surface area contributed by atoms with Gasteiger partial charge in [-0.05, 0) is 37.0 Å². The van der Waals surface area contributed by atoms with Crippen molar-refractivity contribution in [3.05, 3.63) is 29.3 Å². The number of rotatable bonds is 5. The van der Waals surface area contributed by atoms with Crippen LogP contribution in [0.4, 0.5) is 0 Å². The maximum atomic E-state index is 12.4. The first-order valence-corrected chi connectivity index (χ1v) is 8.70. The van der Waals surface area contributed by atoms with Crippen molar-refractivity contribution in [3.8, 4) is 5.75 Å². The Bertz CT molecular complexity index is 536. The average Bonchev–Trinajstić information content (AvgIpc) is 2.56. The first kappa shape index (κ1) is 17.8. The van der Waals surface area contributed by atoms with Crippen LogP contribution in [0.2, 0.25) is 0 Å². The van der Waals surface area contributed by atoms with E-state index in [1.165, 1.54) is 5.56 Å². The molecular weight excluding hydrogens is 288 g/mol. The van der Waals surface area contributed by atoms with Crippen molar-refractivity contribution in [3.63, 3.8) is 0 Å². The minimum Gasteiger partial charge on any atom is -0.490 e. The quantitative estimate of drug-likeness (QED) is 0.908.